The Bertz CT molecular complexity index is 481. The maximum Gasteiger partial charge on any atom is 0.251 e. The van der Waals surface area contributed by atoms with Gasteiger partial charge in [0.25, 0.3) is 5.91 Å². The van der Waals surface area contributed by atoms with Gasteiger partial charge in [-0.25, -0.2) is 0 Å². The minimum atomic E-state index is -0.0633. The number of rotatable bonds is 7. The summed E-state index contributed by atoms with van der Waals surface area (Å²) in [4.78, 5) is 14.4. The maximum atomic E-state index is 12.3. The summed E-state index contributed by atoms with van der Waals surface area (Å²) in [5, 5.41) is 6.36. The molecule has 2 N–H and O–H groups in total. The predicted octanol–water partition coefficient (Wildman–Crippen LogP) is 2.89. The molecule has 4 heteroatoms. The number of aryl methyl sites for hydroxylation is 1. The molecule has 21 heavy (non-hydrogen) atoms. The number of hydrogen-bond donors (Lipinski definition) is 2. The number of likely N-dealkylation sites (N-methyl/N-ethyl adjacent to an activating group) is 1. The Kier molecular flexibility index (Phi) is 6.21. The summed E-state index contributed by atoms with van der Waals surface area (Å²) < 4.78 is 0. The van der Waals surface area contributed by atoms with Crippen molar-refractivity contribution in [3.05, 3.63) is 29.3 Å². The molecular weight excluding hydrogens is 262 g/mol. The molecule has 0 aromatic heterocycles. The SMILES string of the molecule is CCCNc1ccc(C(=O)NCC(C)(C)N(C)C)c(C)c1. The summed E-state index contributed by atoms with van der Waals surface area (Å²) in [5.41, 5.74) is 2.74. The van der Waals surface area contributed by atoms with Crippen LogP contribution >= 0.6 is 0 Å². The molecule has 0 aliphatic heterocycles. The third-order valence-corrected chi connectivity index (χ3v) is 3.94. The van der Waals surface area contributed by atoms with E-state index >= 15 is 0 Å². The lowest BCUT2D eigenvalue weighted by Gasteiger charge is -2.32. The van der Waals surface area contributed by atoms with Gasteiger partial charge in [0, 0.05) is 29.9 Å². The van der Waals surface area contributed by atoms with E-state index in [1.54, 1.807) is 0 Å². The van der Waals surface area contributed by atoms with E-state index in [0.717, 1.165) is 29.8 Å². The van der Waals surface area contributed by atoms with Crippen LogP contribution in [0.25, 0.3) is 0 Å². The van der Waals surface area contributed by atoms with Crippen LogP contribution in [0.5, 0.6) is 0 Å². The number of carbonyl (C=O) groups excluding carboxylic acids is 1. The van der Waals surface area contributed by atoms with Gasteiger partial charge in [-0.3, -0.25) is 4.79 Å². The van der Waals surface area contributed by atoms with Crippen molar-refractivity contribution < 1.29 is 4.79 Å². The average molecular weight is 291 g/mol. The summed E-state index contributed by atoms with van der Waals surface area (Å²) in [6.45, 7) is 9.89. The van der Waals surface area contributed by atoms with E-state index in [4.69, 9.17) is 0 Å². The average Bonchev–Trinajstić information content (AvgIpc) is 2.42. The third kappa shape index (κ3) is 5.05. The van der Waals surface area contributed by atoms with Gasteiger partial charge in [0.05, 0.1) is 0 Å². The summed E-state index contributed by atoms with van der Waals surface area (Å²) in [5.74, 6) is -0.00975. The molecular formula is C17H29N3O. The van der Waals surface area contributed by atoms with Gasteiger partial charge in [-0.15, -0.1) is 0 Å². The second-order valence-electron chi connectivity index (χ2n) is 6.35. The van der Waals surface area contributed by atoms with Crippen molar-refractivity contribution in [3.63, 3.8) is 0 Å². The molecule has 0 aliphatic rings. The molecule has 0 aliphatic carbocycles. The van der Waals surface area contributed by atoms with Crippen LogP contribution in [0.1, 0.15) is 43.1 Å². The van der Waals surface area contributed by atoms with Crippen LogP contribution in [-0.4, -0.2) is 43.5 Å². The van der Waals surface area contributed by atoms with E-state index in [2.05, 4.69) is 36.3 Å². The number of nitrogens with zero attached hydrogens (tertiary/aromatic N) is 1. The number of nitrogens with one attached hydrogen (secondary N) is 2. The van der Waals surface area contributed by atoms with Gasteiger partial charge in [0.15, 0.2) is 0 Å². The molecule has 0 bridgehead atoms. The molecule has 0 atom stereocenters. The van der Waals surface area contributed by atoms with Crippen molar-refractivity contribution in [2.24, 2.45) is 0 Å². The minimum absolute atomic E-state index is 0.00975. The monoisotopic (exact) mass is 291 g/mol. The van der Waals surface area contributed by atoms with Crippen molar-refractivity contribution >= 4 is 11.6 Å². The number of carbonyl (C=O) groups is 1. The molecule has 1 aromatic carbocycles. The van der Waals surface area contributed by atoms with Crippen molar-refractivity contribution in [2.45, 2.75) is 39.7 Å². The smallest absolute Gasteiger partial charge is 0.251 e. The van der Waals surface area contributed by atoms with Crippen LogP contribution < -0.4 is 10.6 Å². The molecule has 0 unspecified atom stereocenters. The van der Waals surface area contributed by atoms with Crippen molar-refractivity contribution in [1.82, 2.24) is 10.2 Å². The predicted molar refractivity (Wildman–Crippen MR) is 90.1 cm³/mol. The highest BCUT2D eigenvalue weighted by Crippen LogP contribution is 2.16. The van der Waals surface area contributed by atoms with Crippen LogP contribution in [0.4, 0.5) is 5.69 Å². The summed E-state index contributed by atoms with van der Waals surface area (Å²) in [6, 6.07) is 5.89. The first-order valence-electron chi connectivity index (χ1n) is 7.58. The summed E-state index contributed by atoms with van der Waals surface area (Å²) >= 11 is 0. The van der Waals surface area contributed by atoms with E-state index < -0.39 is 0 Å². The zero-order valence-electron chi connectivity index (χ0n) is 14.2. The van der Waals surface area contributed by atoms with E-state index in [0.29, 0.717) is 6.54 Å². The van der Waals surface area contributed by atoms with E-state index in [9.17, 15) is 4.79 Å². The van der Waals surface area contributed by atoms with Crippen LogP contribution in [0.15, 0.2) is 18.2 Å². The molecule has 0 saturated heterocycles. The quantitative estimate of drug-likeness (QED) is 0.812. The lowest BCUT2D eigenvalue weighted by molar-refractivity contribution is 0.0919. The van der Waals surface area contributed by atoms with Gasteiger partial charge in [0.2, 0.25) is 0 Å². The summed E-state index contributed by atoms with van der Waals surface area (Å²) in [7, 11) is 4.04. The highest BCUT2D eigenvalue weighted by atomic mass is 16.1. The molecule has 0 heterocycles. The largest absolute Gasteiger partial charge is 0.385 e. The first-order chi connectivity index (χ1) is 9.77. The van der Waals surface area contributed by atoms with E-state index in [1.165, 1.54) is 0 Å². The Labute approximate surface area is 128 Å². The summed E-state index contributed by atoms with van der Waals surface area (Å²) in [6.07, 6.45) is 1.08. The molecule has 118 valence electrons. The third-order valence-electron chi connectivity index (χ3n) is 3.94. The Morgan fingerprint density at radius 1 is 1.29 bits per heavy atom. The molecule has 0 saturated carbocycles. The van der Waals surface area contributed by atoms with Gasteiger partial charge < -0.3 is 15.5 Å². The molecule has 0 radical (unpaired) electrons. The Balaban J connectivity index is 2.70. The highest BCUT2D eigenvalue weighted by Gasteiger charge is 2.21. The van der Waals surface area contributed by atoms with Gasteiger partial charge in [-0.05, 0) is 65.0 Å². The number of anilines is 1. The first kappa shape index (κ1) is 17.5. The zero-order valence-corrected chi connectivity index (χ0v) is 14.2. The van der Waals surface area contributed by atoms with Crippen LogP contribution in [0, 0.1) is 6.92 Å². The van der Waals surface area contributed by atoms with Crippen LogP contribution in [0.2, 0.25) is 0 Å². The Hall–Kier alpha value is -1.55. The topological polar surface area (TPSA) is 44.4 Å². The molecule has 1 rings (SSSR count). The minimum Gasteiger partial charge on any atom is -0.385 e. The maximum absolute atomic E-state index is 12.3. The Morgan fingerprint density at radius 2 is 1.95 bits per heavy atom. The number of hydrogen-bond acceptors (Lipinski definition) is 3. The fourth-order valence-corrected chi connectivity index (χ4v) is 1.85. The van der Waals surface area contributed by atoms with E-state index in [-0.39, 0.29) is 11.4 Å². The molecule has 1 amide bonds. The second-order valence-corrected chi connectivity index (χ2v) is 6.35. The molecule has 0 fully saturated rings. The molecule has 0 spiro atoms. The van der Waals surface area contributed by atoms with Gasteiger partial charge in [-0.1, -0.05) is 6.92 Å². The van der Waals surface area contributed by atoms with Gasteiger partial charge >= 0.3 is 0 Å². The standard InChI is InChI=1S/C17H29N3O/c1-7-10-18-14-8-9-15(13(2)11-14)16(21)19-12-17(3,4)20(5)6/h8-9,11,18H,7,10,12H2,1-6H3,(H,19,21). The molecule has 4 nitrogen and oxygen atoms in total. The fraction of sp³-hybridized carbons (Fsp3) is 0.588. The van der Waals surface area contributed by atoms with Crippen LogP contribution in [0.3, 0.4) is 0 Å². The second kappa shape index (κ2) is 7.46. The Morgan fingerprint density at radius 3 is 2.48 bits per heavy atom. The molecule has 1 aromatic rings. The lowest BCUT2D eigenvalue weighted by Crippen LogP contribution is -2.48. The normalized spacial score (nSPS) is 11.6. The first-order valence-corrected chi connectivity index (χ1v) is 7.58. The van der Waals surface area contributed by atoms with Gasteiger partial charge in [0.1, 0.15) is 0 Å². The highest BCUT2D eigenvalue weighted by molar-refractivity contribution is 5.96. The van der Waals surface area contributed by atoms with E-state index in [1.807, 2.05) is 39.2 Å². The zero-order chi connectivity index (χ0) is 16.0. The lowest BCUT2D eigenvalue weighted by atomic mass is 10.0. The van der Waals surface area contributed by atoms with Crippen molar-refractivity contribution in [3.8, 4) is 0 Å². The van der Waals surface area contributed by atoms with Crippen molar-refractivity contribution in [1.29, 1.82) is 0 Å². The van der Waals surface area contributed by atoms with Gasteiger partial charge in [-0.2, -0.15) is 0 Å². The number of amides is 1. The van der Waals surface area contributed by atoms with Crippen molar-refractivity contribution in [2.75, 3.05) is 32.5 Å². The fourth-order valence-electron chi connectivity index (χ4n) is 1.85. The van der Waals surface area contributed by atoms with Crippen LogP contribution in [-0.2, 0) is 0 Å². The number of benzene rings is 1.